The number of pyridine rings is 1. The molecule has 0 atom stereocenters. The molecule has 3 N–H and O–H groups in total. The number of amides is 1. The summed E-state index contributed by atoms with van der Waals surface area (Å²) in [5.74, 6) is 0.732. The topological polar surface area (TPSA) is 68.0 Å². The maximum atomic E-state index is 11.5. The molecule has 0 aromatic carbocycles. The Morgan fingerprint density at radius 2 is 2.50 bits per heavy atom. The zero-order valence-electron chi connectivity index (χ0n) is 7.99. The average molecular weight is 211 g/mol. The lowest BCUT2D eigenvalue weighted by atomic mass is 10.2. The van der Waals surface area contributed by atoms with Crippen LogP contribution in [0.5, 0.6) is 0 Å². The highest BCUT2D eigenvalue weighted by atomic mass is 32.2. The average Bonchev–Trinajstić information content (AvgIpc) is 2.18. The molecule has 0 aliphatic rings. The first kappa shape index (κ1) is 10.8. The molecule has 1 amide bonds. The molecule has 1 rings (SSSR count). The normalized spacial score (nSPS) is 9.79. The molecule has 5 heteroatoms. The van der Waals surface area contributed by atoms with Gasteiger partial charge >= 0.3 is 0 Å². The fraction of sp³-hybridized carbons (Fsp3) is 0.333. The van der Waals surface area contributed by atoms with Crippen molar-refractivity contribution in [1.82, 2.24) is 10.3 Å². The molecule has 1 aromatic rings. The molecule has 1 aromatic heterocycles. The van der Waals surface area contributed by atoms with E-state index in [4.69, 9.17) is 5.73 Å². The highest BCUT2D eigenvalue weighted by Gasteiger charge is 2.07. The maximum Gasteiger partial charge on any atom is 0.254 e. The second-order valence-corrected chi connectivity index (χ2v) is 3.70. The van der Waals surface area contributed by atoms with Crippen LogP contribution in [0.15, 0.2) is 18.5 Å². The summed E-state index contributed by atoms with van der Waals surface area (Å²) in [5, 5.41) is 2.76. The number of thioether (sulfide) groups is 1. The molecule has 0 fully saturated rings. The van der Waals surface area contributed by atoms with E-state index in [1.165, 1.54) is 6.20 Å². The standard InChI is InChI=1S/C9H13N3OS/c1-14-5-4-12-9(13)7-6-11-3-2-8(7)10/h2-3,6H,4-5H2,1H3,(H2,10,11)(H,12,13). The Bertz CT molecular complexity index is 317. The molecule has 0 aliphatic heterocycles. The summed E-state index contributed by atoms with van der Waals surface area (Å²) >= 11 is 1.68. The molecular weight excluding hydrogens is 198 g/mol. The van der Waals surface area contributed by atoms with Crippen molar-refractivity contribution in [3.05, 3.63) is 24.0 Å². The predicted molar refractivity (Wildman–Crippen MR) is 59.4 cm³/mol. The fourth-order valence-electron chi connectivity index (χ4n) is 0.957. The van der Waals surface area contributed by atoms with Crippen molar-refractivity contribution in [2.24, 2.45) is 0 Å². The van der Waals surface area contributed by atoms with Crippen molar-refractivity contribution in [2.45, 2.75) is 0 Å². The summed E-state index contributed by atoms with van der Waals surface area (Å²) in [7, 11) is 0. The summed E-state index contributed by atoms with van der Waals surface area (Å²) < 4.78 is 0. The van der Waals surface area contributed by atoms with E-state index in [2.05, 4.69) is 10.3 Å². The third-order valence-corrected chi connectivity index (χ3v) is 2.30. The van der Waals surface area contributed by atoms with Crippen molar-refractivity contribution < 1.29 is 4.79 Å². The van der Waals surface area contributed by atoms with E-state index in [1.807, 2.05) is 6.26 Å². The summed E-state index contributed by atoms with van der Waals surface area (Å²) in [5.41, 5.74) is 6.52. The molecular formula is C9H13N3OS. The van der Waals surface area contributed by atoms with Crippen molar-refractivity contribution in [1.29, 1.82) is 0 Å². The smallest absolute Gasteiger partial charge is 0.254 e. The number of carbonyl (C=O) groups is 1. The van der Waals surface area contributed by atoms with Gasteiger partial charge in [0, 0.05) is 30.4 Å². The van der Waals surface area contributed by atoms with E-state index in [0.29, 0.717) is 17.8 Å². The second kappa shape index (κ2) is 5.49. The van der Waals surface area contributed by atoms with Crippen molar-refractivity contribution in [2.75, 3.05) is 24.3 Å². The molecule has 0 aliphatic carbocycles. The summed E-state index contributed by atoms with van der Waals surface area (Å²) in [6.07, 6.45) is 5.03. The zero-order chi connectivity index (χ0) is 10.4. The van der Waals surface area contributed by atoms with Crippen LogP contribution in [0.2, 0.25) is 0 Å². The number of hydrogen-bond donors (Lipinski definition) is 2. The van der Waals surface area contributed by atoms with Crippen LogP contribution in [0, 0.1) is 0 Å². The Labute approximate surface area is 87.3 Å². The summed E-state index contributed by atoms with van der Waals surface area (Å²) in [4.78, 5) is 15.3. The van der Waals surface area contributed by atoms with Gasteiger partial charge in [-0.3, -0.25) is 9.78 Å². The van der Waals surface area contributed by atoms with Gasteiger partial charge in [-0.15, -0.1) is 0 Å². The molecule has 0 radical (unpaired) electrons. The zero-order valence-corrected chi connectivity index (χ0v) is 8.80. The van der Waals surface area contributed by atoms with E-state index < -0.39 is 0 Å². The van der Waals surface area contributed by atoms with Gasteiger partial charge in [0.15, 0.2) is 0 Å². The Balaban J connectivity index is 2.56. The molecule has 0 spiro atoms. The van der Waals surface area contributed by atoms with Crippen LogP contribution in [0.25, 0.3) is 0 Å². The minimum atomic E-state index is -0.162. The number of rotatable bonds is 4. The lowest BCUT2D eigenvalue weighted by Gasteiger charge is -2.05. The minimum Gasteiger partial charge on any atom is -0.398 e. The van der Waals surface area contributed by atoms with Crippen molar-refractivity contribution in [3.63, 3.8) is 0 Å². The molecule has 4 nitrogen and oxygen atoms in total. The monoisotopic (exact) mass is 211 g/mol. The highest BCUT2D eigenvalue weighted by molar-refractivity contribution is 7.98. The summed E-state index contributed by atoms with van der Waals surface area (Å²) in [6, 6.07) is 1.61. The van der Waals surface area contributed by atoms with Crippen LogP contribution in [-0.4, -0.2) is 29.4 Å². The fourth-order valence-corrected chi connectivity index (χ4v) is 1.26. The molecule has 76 valence electrons. The first-order valence-corrected chi connectivity index (χ1v) is 5.61. The minimum absolute atomic E-state index is 0.162. The van der Waals surface area contributed by atoms with Gasteiger partial charge in [-0.1, -0.05) is 0 Å². The largest absolute Gasteiger partial charge is 0.398 e. The third-order valence-electron chi connectivity index (χ3n) is 1.69. The van der Waals surface area contributed by atoms with Crippen LogP contribution >= 0.6 is 11.8 Å². The number of nitrogens with one attached hydrogen (secondary N) is 1. The molecule has 14 heavy (non-hydrogen) atoms. The maximum absolute atomic E-state index is 11.5. The molecule has 0 saturated heterocycles. The Morgan fingerprint density at radius 3 is 3.14 bits per heavy atom. The lowest BCUT2D eigenvalue weighted by molar-refractivity contribution is 0.0956. The van der Waals surface area contributed by atoms with E-state index >= 15 is 0 Å². The number of aromatic nitrogens is 1. The van der Waals surface area contributed by atoms with Crippen LogP contribution in [0.4, 0.5) is 5.69 Å². The second-order valence-electron chi connectivity index (χ2n) is 2.71. The van der Waals surface area contributed by atoms with E-state index in [9.17, 15) is 4.79 Å². The van der Waals surface area contributed by atoms with E-state index in [-0.39, 0.29) is 5.91 Å². The van der Waals surface area contributed by atoms with Crippen molar-refractivity contribution in [3.8, 4) is 0 Å². The Hall–Kier alpha value is -1.23. The molecule has 0 unspecified atom stereocenters. The van der Waals surface area contributed by atoms with Gasteiger partial charge in [0.25, 0.3) is 5.91 Å². The Morgan fingerprint density at radius 1 is 1.71 bits per heavy atom. The third kappa shape index (κ3) is 2.92. The first-order valence-electron chi connectivity index (χ1n) is 4.22. The number of hydrogen-bond acceptors (Lipinski definition) is 4. The van der Waals surface area contributed by atoms with Gasteiger partial charge < -0.3 is 11.1 Å². The highest BCUT2D eigenvalue weighted by Crippen LogP contribution is 2.07. The van der Waals surface area contributed by atoms with Crippen LogP contribution in [0.1, 0.15) is 10.4 Å². The lowest BCUT2D eigenvalue weighted by Crippen LogP contribution is -2.26. The van der Waals surface area contributed by atoms with Gasteiger partial charge in [-0.05, 0) is 12.3 Å². The molecule has 1 heterocycles. The van der Waals surface area contributed by atoms with Crippen LogP contribution < -0.4 is 11.1 Å². The SMILES string of the molecule is CSCCNC(=O)c1cnccc1N. The van der Waals surface area contributed by atoms with Crippen LogP contribution in [0.3, 0.4) is 0 Å². The van der Waals surface area contributed by atoms with E-state index in [1.54, 1.807) is 24.0 Å². The first-order chi connectivity index (χ1) is 6.75. The van der Waals surface area contributed by atoms with E-state index in [0.717, 1.165) is 5.75 Å². The van der Waals surface area contributed by atoms with Crippen molar-refractivity contribution >= 4 is 23.4 Å². The van der Waals surface area contributed by atoms with Crippen LogP contribution in [-0.2, 0) is 0 Å². The number of carbonyl (C=O) groups excluding carboxylic acids is 1. The molecule has 0 bridgehead atoms. The van der Waals surface area contributed by atoms with Gasteiger partial charge in [-0.25, -0.2) is 0 Å². The summed E-state index contributed by atoms with van der Waals surface area (Å²) in [6.45, 7) is 0.647. The van der Waals surface area contributed by atoms with Gasteiger partial charge in [0.05, 0.1) is 5.56 Å². The van der Waals surface area contributed by atoms with Gasteiger partial charge in [0.1, 0.15) is 0 Å². The number of anilines is 1. The predicted octanol–water partition coefficient (Wildman–Crippen LogP) is 0.757. The molecule has 0 saturated carbocycles. The van der Waals surface area contributed by atoms with Gasteiger partial charge in [-0.2, -0.15) is 11.8 Å². The number of nitrogens with two attached hydrogens (primary N) is 1. The quantitative estimate of drug-likeness (QED) is 0.721. The number of nitrogen functional groups attached to an aromatic ring is 1. The Kier molecular flexibility index (Phi) is 4.25. The number of nitrogens with zero attached hydrogens (tertiary/aromatic N) is 1. The van der Waals surface area contributed by atoms with Gasteiger partial charge in [0.2, 0.25) is 0 Å².